The highest BCUT2D eigenvalue weighted by Gasteiger charge is 2.52. The van der Waals surface area contributed by atoms with E-state index in [0.29, 0.717) is 18.5 Å². The smallest absolute Gasteiger partial charge is 0.329 e. The quantitative estimate of drug-likeness (QED) is 0.820. The van der Waals surface area contributed by atoms with E-state index in [9.17, 15) is 9.59 Å². The van der Waals surface area contributed by atoms with E-state index in [2.05, 4.69) is 10.5 Å². The molecule has 0 atom stereocenters. The fraction of sp³-hybridized carbons (Fsp3) is 0.545. The third-order valence-electron chi connectivity index (χ3n) is 2.86. The van der Waals surface area contributed by atoms with Gasteiger partial charge >= 0.3 is 5.97 Å². The molecule has 0 bridgehead atoms. The Hall–Kier alpha value is -1.85. The van der Waals surface area contributed by atoms with Crippen molar-refractivity contribution >= 4 is 11.9 Å². The maximum Gasteiger partial charge on any atom is 0.329 e. The van der Waals surface area contributed by atoms with Crippen LogP contribution in [0, 0.1) is 0 Å². The Morgan fingerprint density at radius 1 is 1.53 bits per heavy atom. The minimum absolute atomic E-state index is 0.0567. The van der Waals surface area contributed by atoms with Crippen LogP contribution < -0.4 is 5.32 Å². The van der Waals surface area contributed by atoms with E-state index in [1.807, 2.05) is 13.8 Å². The van der Waals surface area contributed by atoms with Crippen LogP contribution in [0.2, 0.25) is 0 Å². The SMILES string of the molecule is CC(C)c1cc(C(=O)NC2(C(=O)O)CC2)on1. The second-order valence-corrected chi connectivity index (χ2v) is 4.61. The number of rotatable bonds is 4. The second-order valence-electron chi connectivity index (χ2n) is 4.61. The number of hydrogen-bond acceptors (Lipinski definition) is 4. The molecule has 6 nitrogen and oxygen atoms in total. The standard InChI is InChI=1S/C11H14N2O4/c1-6(2)7-5-8(17-13-7)9(14)12-11(3-4-11)10(15)16/h5-6H,3-4H2,1-2H3,(H,12,14)(H,15,16). The van der Waals surface area contributed by atoms with E-state index in [1.165, 1.54) is 6.07 Å². The normalized spacial score (nSPS) is 16.9. The van der Waals surface area contributed by atoms with E-state index in [-0.39, 0.29) is 11.7 Å². The van der Waals surface area contributed by atoms with Crippen LogP contribution in [0.4, 0.5) is 0 Å². The van der Waals surface area contributed by atoms with Crippen LogP contribution in [0.5, 0.6) is 0 Å². The van der Waals surface area contributed by atoms with Gasteiger partial charge in [0.15, 0.2) is 0 Å². The van der Waals surface area contributed by atoms with Crippen LogP contribution in [-0.4, -0.2) is 27.7 Å². The molecule has 1 saturated carbocycles. The van der Waals surface area contributed by atoms with Crippen molar-refractivity contribution in [1.29, 1.82) is 0 Å². The highest BCUT2D eigenvalue weighted by molar-refractivity contribution is 5.97. The van der Waals surface area contributed by atoms with Crippen molar-refractivity contribution in [1.82, 2.24) is 10.5 Å². The summed E-state index contributed by atoms with van der Waals surface area (Å²) in [6.45, 7) is 3.86. The molecule has 92 valence electrons. The summed E-state index contributed by atoms with van der Waals surface area (Å²) >= 11 is 0. The van der Waals surface area contributed by atoms with Crippen LogP contribution in [0.25, 0.3) is 0 Å². The zero-order valence-electron chi connectivity index (χ0n) is 9.69. The summed E-state index contributed by atoms with van der Waals surface area (Å²) in [5.74, 6) is -1.31. The molecule has 0 unspecified atom stereocenters. The highest BCUT2D eigenvalue weighted by Crippen LogP contribution is 2.35. The van der Waals surface area contributed by atoms with Crippen molar-refractivity contribution in [2.75, 3.05) is 0 Å². The molecule has 0 radical (unpaired) electrons. The van der Waals surface area contributed by atoms with E-state index in [0.717, 1.165) is 0 Å². The molecule has 2 N–H and O–H groups in total. The Balaban J connectivity index is 2.07. The van der Waals surface area contributed by atoms with Gasteiger partial charge in [-0.3, -0.25) is 4.79 Å². The van der Waals surface area contributed by atoms with Crippen LogP contribution in [0.1, 0.15) is 48.9 Å². The first-order chi connectivity index (χ1) is 7.94. The number of amides is 1. The minimum atomic E-state index is -1.10. The number of carboxylic acids is 1. The molecule has 1 aliphatic carbocycles. The van der Waals surface area contributed by atoms with E-state index >= 15 is 0 Å². The predicted molar refractivity (Wildman–Crippen MR) is 57.7 cm³/mol. The first-order valence-corrected chi connectivity index (χ1v) is 5.47. The summed E-state index contributed by atoms with van der Waals surface area (Å²) in [5.41, 5.74) is -0.419. The van der Waals surface area contributed by atoms with Gasteiger partial charge < -0.3 is 14.9 Å². The highest BCUT2D eigenvalue weighted by atomic mass is 16.5. The molecule has 0 spiro atoms. The number of carboxylic acid groups (broad SMARTS) is 1. The van der Waals surface area contributed by atoms with Crippen molar-refractivity contribution in [3.63, 3.8) is 0 Å². The molecule has 1 amide bonds. The number of hydrogen-bond donors (Lipinski definition) is 2. The van der Waals surface area contributed by atoms with Crippen molar-refractivity contribution in [2.45, 2.75) is 38.1 Å². The lowest BCUT2D eigenvalue weighted by atomic mass is 10.1. The molecule has 0 aliphatic heterocycles. The first-order valence-electron chi connectivity index (χ1n) is 5.47. The zero-order chi connectivity index (χ0) is 12.6. The lowest BCUT2D eigenvalue weighted by molar-refractivity contribution is -0.140. The third kappa shape index (κ3) is 2.15. The van der Waals surface area contributed by atoms with Crippen LogP contribution >= 0.6 is 0 Å². The van der Waals surface area contributed by atoms with Crippen molar-refractivity contribution in [2.24, 2.45) is 0 Å². The van der Waals surface area contributed by atoms with Gasteiger partial charge in [0.1, 0.15) is 5.54 Å². The Morgan fingerprint density at radius 3 is 2.59 bits per heavy atom. The number of nitrogens with one attached hydrogen (secondary N) is 1. The molecule has 1 fully saturated rings. The summed E-state index contributed by atoms with van der Waals surface area (Å²) in [4.78, 5) is 22.6. The fourth-order valence-electron chi connectivity index (χ4n) is 1.46. The monoisotopic (exact) mass is 238 g/mol. The molecule has 2 rings (SSSR count). The molecule has 1 heterocycles. The molecule has 1 aliphatic rings. The largest absolute Gasteiger partial charge is 0.480 e. The van der Waals surface area contributed by atoms with Crippen molar-refractivity contribution < 1.29 is 19.2 Å². The van der Waals surface area contributed by atoms with E-state index in [4.69, 9.17) is 9.63 Å². The number of nitrogens with zero attached hydrogens (tertiary/aromatic N) is 1. The summed E-state index contributed by atoms with van der Waals surface area (Å²) in [6.07, 6.45) is 0.915. The fourth-order valence-corrected chi connectivity index (χ4v) is 1.46. The molecule has 1 aromatic heterocycles. The van der Waals surface area contributed by atoms with Crippen molar-refractivity contribution in [3.8, 4) is 0 Å². The lowest BCUT2D eigenvalue weighted by Gasteiger charge is -2.09. The van der Waals surface area contributed by atoms with Crippen LogP contribution in [-0.2, 0) is 4.79 Å². The number of carbonyl (C=O) groups is 2. The molecule has 17 heavy (non-hydrogen) atoms. The van der Waals surface area contributed by atoms with Gasteiger partial charge in [0.05, 0.1) is 5.69 Å². The molecule has 6 heteroatoms. The zero-order valence-corrected chi connectivity index (χ0v) is 9.69. The number of aliphatic carboxylic acids is 1. The van der Waals surface area contributed by atoms with Gasteiger partial charge in [-0.15, -0.1) is 0 Å². The molecule has 1 aromatic rings. The van der Waals surface area contributed by atoms with Crippen molar-refractivity contribution in [3.05, 3.63) is 17.5 Å². The van der Waals surface area contributed by atoms with Gasteiger partial charge in [-0.1, -0.05) is 19.0 Å². The Morgan fingerprint density at radius 2 is 2.18 bits per heavy atom. The molecular weight excluding hydrogens is 224 g/mol. The summed E-state index contributed by atoms with van der Waals surface area (Å²) < 4.78 is 4.89. The Bertz CT molecular complexity index is 460. The minimum Gasteiger partial charge on any atom is -0.480 e. The Kier molecular flexibility index (Phi) is 2.65. The maximum atomic E-state index is 11.7. The number of carbonyl (C=O) groups excluding carboxylic acids is 1. The first kappa shape index (κ1) is 11.6. The molecular formula is C11H14N2O4. The van der Waals surface area contributed by atoms with Gasteiger partial charge in [-0.25, -0.2) is 4.79 Å². The Labute approximate surface area is 98.0 Å². The van der Waals surface area contributed by atoms with E-state index in [1.54, 1.807) is 0 Å². The van der Waals surface area contributed by atoms with E-state index < -0.39 is 17.4 Å². The average molecular weight is 238 g/mol. The second kappa shape index (κ2) is 3.87. The number of aromatic nitrogens is 1. The van der Waals surface area contributed by atoms with Crippen LogP contribution in [0.15, 0.2) is 10.6 Å². The lowest BCUT2D eigenvalue weighted by Crippen LogP contribution is -2.42. The molecule has 0 saturated heterocycles. The average Bonchev–Trinajstić information content (AvgIpc) is 2.87. The third-order valence-corrected chi connectivity index (χ3v) is 2.86. The summed E-state index contributed by atoms with van der Waals surface area (Å²) in [6, 6.07) is 1.54. The van der Waals surface area contributed by atoms with Gasteiger partial charge in [0.2, 0.25) is 5.76 Å². The van der Waals surface area contributed by atoms with Gasteiger partial charge in [0.25, 0.3) is 5.91 Å². The van der Waals surface area contributed by atoms with Crippen LogP contribution in [0.3, 0.4) is 0 Å². The summed E-state index contributed by atoms with van der Waals surface area (Å²) in [5, 5.41) is 15.1. The van der Waals surface area contributed by atoms with Gasteiger partial charge in [0, 0.05) is 6.07 Å². The van der Waals surface area contributed by atoms with Gasteiger partial charge in [-0.2, -0.15) is 0 Å². The van der Waals surface area contributed by atoms with Gasteiger partial charge in [-0.05, 0) is 18.8 Å². The summed E-state index contributed by atoms with van der Waals surface area (Å²) in [7, 11) is 0. The predicted octanol–water partition coefficient (Wildman–Crippen LogP) is 1.15. The topological polar surface area (TPSA) is 92.4 Å². The maximum absolute atomic E-state index is 11.7. The molecule has 0 aromatic carbocycles.